The molecule has 100 valence electrons. The quantitative estimate of drug-likeness (QED) is 0.595. The van der Waals surface area contributed by atoms with Gasteiger partial charge in [-0.05, 0) is 17.0 Å². The fourth-order valence-electron chi connectivity index (χ4n) is 1.51. The molecule has 0 unspecified atom stereocenters. The van der Waals surface area contributed by atoms with Crippen molar-refractivity contribution in [2.75, 3.05) is 7.11 Å². The Bertz CT molecular complexity index is 695. The molecule has 1 aromatic heterocycles. The van der Waals surface area contributed by atoms with E-state index < -0.39 is 11.6 Å². The third kappa shape index (κ3) is 2.32. The van der Waals surface area contributed by atoms with Crippen LogP contribution in [0.15, 0.2) is 18.2 Å². The van der Waals surface area contributed by atoms with Crippen LogP contribution in [0.25, 0.3) is 11.0 Å². The number of fused-ring (bicyclic) bond motifs is 1. The van der Waals surface area contributed by atoms with Crippen LogP contribution >= 0.6 is 0 Å². The summed E-state index contributed by atoms with van der Waals surface area (Å²) >= 11 is 0. The highest BCUT2D eigenvalue weighted by Gasteiger charge is 2.15. The van der Waals surface area contributed by atoms with Crippen molar-refractivity contribution in [3.8, 4) is 5.75 Å². The number of rotatable bonds is 3. The summed E-state index contributed by atoms with van der Waals surface area (Å²) in [6.07, 6.45) is 0.149. The van der Waals surface area contributed by atoms with Crippen LogP contribution in [0, 0.1) is 10.6 Å². The fraction of sp³-hybridized carbons (Fsp3) is 0.273. The molecular formula is C11H12N4O4. The van der Waals surface area contributed by atoms with Gasteiger partial charge in [0.2, 0.25) is 0 Å². The Morgan fingerprint density at radius 2 is 2.32 bits per heavy atom. The highest BCUT2D eigenvalue weighted by atomic mass is 16.7. The van der Waals surface area contributed by atoms with E-state index in [4.69, 9.17) is 15.0 Å². The van der Waals surface area contributed by atoms with E-state index in [1.54, 1.807) is 13.0 Å². The molecule has 1 aromatic carbocycles. The summed E-state index contributed by atoms with van der Waals surface area (Å²) in [5, 5.41) is 22.7. The summed E-state index contributed by atoms with van der Waals surface area (Å²) in [5.41, 5.74) is -0.0636. The van der Waals surface area contributed by atoms with E-state index in [2.05, 4.69) is 5.10 Å². The van der Waals surface area contributed by atoms with E-state index in [9.17, 15) is 10.0 Å². The molecule has 0 fully saturated rings. The molecule has 0 aliphatic carbocycles. The van der Waals surface area contributed by atoms with E-state index in [1.165, 1.54) is 19.2 Å². The second kappa shape index (κ2) is 4.92. The van der Waals surface area contributed by atoms with Gasteiger partial charge in [-0.3, -0.25) is 5.41 Å². The maximum absolute atomic E-state index is 11.7. The molecule has 0 amide bonds. The molecular weight excluding hydrogens is 252 g/mol. The molecule has 2 rings (SSSR count). The maximum Gasteiger partial charge on any atom is 0.332 e. The fourth-order valence-corrected chi connectivity index (χ4v) is 1.51. The lowest BCUT2D eigenvalue weighted by Crippen LogP contribution is -2.45. The third-order valence-corrected chi connectivity index (χ3v) is 2.47. The number of ether oxygens (including phenoxy) is 1. The molecule has 0 bridgehead atoms. The van der Waals surface area contributed by atoms with Gasteiger partial charge in [-0.15, -0.1) is 4.73 Å². The zero-order valence-corrected chi connectivity index (χ0v) is 10.4. The minimum atomic E-state index is -0.527. The number of nitrogens with zero attached hydrogens (tertiary/aromatic N) is 3. The molecule has 2 aromatic rings. The number of hydrogen-bond acceptors (Lipinski definition) is 6. The molecule has 0 radical (unpaired) electrons. The normalized spacial score (nSPS) is 10.4. The molecule has 0 atom stereocenters. The summed E-state index contributed by atoms with van der Waals surface area (Å²) in [7, 11) is 1.47. The van der Waals surface area contributed by atoms with Crippen LogP contribution in [0.4, 0.5) is 0 Å². The van der Waals surface area contributed by atoms with E-state index in [0.717, 1.165) is 4.73 Å². The molecule has 0 aliphatic heterocycles. The number of hydrogen-bond donors (Lipinski definition) is 1. The van der Waals surface area contributed by atoms with Crippen LogP contribution in [0.5, 0.6) is 5.75 Å². The minimum absolute atomic E-state index is 0.138. The lowest BCUT2D eigenvalue weighted by atomic mass is 10.3. The Morgan fingerprint density at radius 3 is 2.95 bits per heavy atom. The Kier molecular flexibility index (Phi) is 3.32. The number of benzene rings is 1. The first kappa shape index (κ1) is 12.8. The lowest BCUT2D eigenvalue weighted by molar-refractivity contribution is -0.645. The van der Waals surface area contributed by atoms with Gasteiger partial charge < -0.3 is 14.8 Å². The highest BCUT2D eigenvalue weighted by Crippen LogP contribution is 2.15. The van der Waals surface area contributed by atoms with E-state index in [1.807, 2.05) is 0 Å². The van der Waals surface area contributed by atoms with Gasteiger partial charge in [0.05, 0.1) is 18.3 Å². The van der Waals surface area contributed by atoms with Crippen LogP contribution in [-0.4, -0.2) is 22.9 Å². The van der Waals surface area contributed by atoms with Crippen LogP contribution < -0.4 is 20.0 Å². The SMILES string of the molecule is CCC(=O)On1c(=N)n[n+]([O-])c2cc(OC)ccc21. The predicted octanol–water partition coefficient (Wildman–Crippen LogP) is -0.477. The highest BCUT2D eigenvalue weighted by molar-refractivity contribution is 5.75. The smallest absolute Gasteiger partial charge is 0.332 e. The maximum atomic E-state index is 11.7. The van der Waals surface area contributed by atoms with Crippen molar-refractivity contribution in [3.05, 3.63) is 29.0 Å². The Hall–Kier alpha value is -2.64. The molecule has 0 aliphatic rings. The summed E-state index contributed by atoms with van der Waals surface area (Å²) < 4.78 is 5.92. The zero-order chi connectivity index (χ0) is 14.0. The summed E-state index contributed by atoms with van der Waals surface area (Å²) in [4.78, 5) is 16.6. The second-order valence-corrected chi connectivity index (χ2v) is 3.66. The van der Waals surface area contributed by atoms with E-state index in [-0.39, 0.29) is 22.3 Å². The van der Waals surface area contributed by atoms with Gasteiger partial charge in [0, 0.05) is 6.42 Å². The summed E-state index contributed by atoms with van der Waals surface area (Å²) in [6, 6.07) is 4.56. The summed E-state index contributed by atoms with van der Waals surface area (Å²) in [6.45, 7) is 1.63. The number of aromatic nitrogens is 3. The molecule has 0 saturated heterocycles. The predicted molar refractivity (Wildman–Crippen MR) is 63.0 cm³/mol. The largest absolute Gasteiger partial charge is 0.594 e. The molecule has 8 nitrogen and oxygen atoms in total. The van der Waals surface area contributed by atoms with Gasteiger partial charge in [0.15, 0.2) is 5.52 Å². The average Bonchev–Trinajstić information content (AvgIpc) is 2.42. The number of nitrogens with one attached hydrogen (secondary N) is 1. The molecule has 1 N–H and O–H groups in total. The van der Waals surface area contributed by atoms with Crippen molar-refractivity contribution >= 4 is 17.0 Å². The van der Waals surface area contributed by atoms with Crippen molar-refractivity contribution in [2.45, 2.75) is 13.3 Å². The Morgan fingerprint density at radius 1 is 1.58 bits per heavy atom. The first-order valence-electron chi connectivity index (χ1n) is 5.53. The minimum Gasteiger partial charge on any atom is -0.594 e. The molecule has 8 heteroatoms. The van der Waals surface area contributed by atoms with Crippen LogP contribution in [0.3, 0.4) is 0 Å². The standard InChI is InChI=1S/C11H12N4O4/c1-3-10(16)19-14-8-5-4-7(18-2)6-9(8)15(17)13-11(14)12/h4-6,12H,3H2,1-2H3. The molecule has 19 heavy (non-hydrogen) atoms. The van der Waals surface area contributed by atoms with Crippen molar-refractivity contribution < 1.29 is 19.2 Å². The van der Waals surface area contributed by atoms with Gasteiger partial charge in [0.25, 0.3) is 5.52 Å². The number of carbonyl (C=O) groups excluding carboxylic acids is 1. The van der Waals surface area contributed by atoms with Crippen LogP contribution in [0.1, 0.15) is 13.3 Å². The summed E-state index contributed by atoms with van der Waals surface area (Å²) in [5.74, 6) is -0.0638. The Labute approximate surface area is 107 Å². The van der Waals surface area contributed by atoms with Gasteiger partial charge in [0.1, 0.15) is 5.75 Å². The third-order valence-electron chi connectivity index (χ3n) is 2.47. The second-order valence-electron chi connectivity index (χ2n) is 3.66. The monoisotopic (exact) mass is 264 g/mol. The molecule has 0 saturated carbocycles. The van der Waals surface area contributed by atoms with Gasteiger partial charge in [-0.2, -0.15) is 0 Å². The first-order chi connectivity index (χ1) is 9.06. The van der Waals surface area contributed by atoms with Crippen molar-refractivity contribution in [3.63, 3.8) is 0 Å². The topological polar surface area (TPSA) is 104 Å². The van der Waals surface area contributed by atoms with Crippen molar-refractivity contribution in [1.29, 1.82) is 5.41 Å². The van der Waals surface area contributed by atoms with Crippen molar-refractivity contribution in [1.82, 2.24) is 9.83 Å². The molecule has 0 spiro atoms. The van der Waals surface area contributed by atoms with Crippen LogP contribution in [0.2, 0.25) is 0 Å². The molecule has 1 heterocycles. The Balaban J connectivity index is 2.69. The van der Waals surface area contributed by atoms with Gasteiger partial charge >= 0.3 is 11.6 Å². The number of carbonyl (C=O) groups is 1. The van der Waals surface area contributed by atoms with Gasteiger partial charge in [-0.1, -0.05) is 6.92 Å². The van der Waals surface area contributed by atoms with Crippen molar-refractivity contribution in [2.24, 2.45) is 0 Å². The van der Waals surface area contributed by atoms with E-state index >= 15 is 0 Å². The average molecular weight is 264 g/mol. The zero-order valence-electron chi connectivity index (χ0n) is 10.4. The number of methoxy groups -OCH3 is 1. The lowest BCUT2D eigenvalue weighted by Gasteiger charge is -2.09. The van der Waals surface area contributed by atoms with Crippen LogP contribution in [-0.2, 0) is 4.79 Å². The first-order valence-corrected chi connectivity index (χ1v) is 5.53. The van der Waals surface area contributed by atoms with Gasteiger partial charge in [-0.25, -0.2) is 4.79 Å². The van der Waals surface area contributed by atoms with E-state index in [0.29, 0.717) is 5.75 Å².